The monoisotopic (exact) mass is 395 g/mol. The van der Waals surface area contributed by atoms with E-state index in [2.05, 4.69) is 13.8 Å². The van der Waals surface area contributed by atoms with E-state index in [1.807, 2.05) is 24.3 Å². The third-order valence-electron chi connectivity index (χ3n) is 5.49. The zero-order valence-corrected chi connectivity index (χ0v) is 17.2. The van der Waals surface area contributed by atoms with Crippen LogP contribution in [-0.4, -0.2) is 23.9 Å². The zero-order valence-electron chi connectivity index (χ0n) is 17.2. The van der Waals surface area contributed by atoms with Crippen LogP contribution in [0.3, 0.4) is 0 Å². The van der Waals surface area contributed by atoms with Crippen molar-refractivity contribution in [3.05, 3.63) is 82.3 Å². The van der Waals surface area contributed by atoms with Crippen molar-refractivity contribution in [1.82, 2.24) is 4.90 Å². The first kappa shape index (κ1) is 20.8. The molecular formula is C24H26FNO3. The molecule has 2 aromatic carbocycles. The Labute approximate surface area is 171 Å². The summed E-state index contributed by atoms with van der Waals surface area (Å²) in [5.74, 6) is -0.776. The van der Waals surface area contributed by atoms with Crippen LogP contribution in [0, 0.1) is 5.82 Å². The summed E-state index contributed by atoms with van der Waals surface area (Å²) in [5.41, 5.74) is 3.99. The number of esters is 1. The molecule has 4 nitrogen and oxygen atoms in total. The fourth-order valence-electron chi connectivity index (χ4n) is 3.75. The van der Waals surface area contributed by atoms with E-state index in [9.17, 15) is 14.0 Å². The average molecular weight is 395 g/mol. The predicted octanol–water partition coefficient (Wildman–Crippen LogP) is 4.91. The number of halogens is 1. The van der Waals surface area contributed by atoms with Crippen molar-refractivity contribution in [1.29, 1.82) is 0 Å². The van der Waals surface area contributed by atoms with Crippen molar-refractivity contribution in [2.24, 2.45) is 0 Å². The van der Waals surface area contributed by atoms with Crippen molar-refractivity contribution >= 4 is 11.9 Å². The SMILES string of the molecule is COC(=O)C1=C(C)N(Cc2ccc(F)cc2)C(=O)C[C@H]1c1ccc(C(C)C)cc1. The third-order valence-corrected chi connectivity index (χ3v) is 5.49. The largest absolute Gasteiger partial charge is 0.466 e. The highest BCUT2D eigenvalue weighted by Crippen LogP contribution is 2.38. The summed E-state index contributed by atoms with van der Waals surface area (Å²) >= 11 is 0. The van der Waals surface area contributed by atoms with E-state index in [1.165, 1.54) is 24.8 Å². The summed E-state index contributed by atoms with van der Waals surface area (Å²) in [4.78, 5) is 27.2. The first-order chi connectivity index (χ1) is 13.8. The summed E-state index contributed by atoms with van der Waals surface area (Å²) in [7, 11) is 1.35. The Morgan fingerprint density at radius 1 is 1.14 bits per heavy atom. The summed E-state index contributed by atoms with van der Waals surface area (Å²) in [6.07, 6.45) is 0.185. The van der Waals surface area contributed by atoms with Gasteiger partial charge >= 0.3 is 5.97 Å². The molecule has 0 N–H and O–H groups in total. The molecule has 1 atom stereocenters. The Morgan fingerprint density at radius 2 is 1.76 bits per heavy atom. The summed E-state index contributed by atoms with van der Waals surface area (Å²) in [6.45, 7) is 6.29. The molecule has 0 radical (unpaired) electrons. The molecule has 5 heteroatoms. The second-order valence-electron chi connectivity index (χ2n) is 7.68. The van der Waals surface area contributed by atoms with Crippen molar-refractivity contribution in [2.75, 3.05) is 7.11 Å². The lowest BCUT2D eigenvalue weighted by molar-refractivity contribution is -0.138. The maximum absolute atomic E-state index is 13.2. The number of rotatable bonds is 5. The maximum atomic E-state index is 13.2. The quantitative estimate of drug-likeness (QED) is 0.676. The first-order valence-electron chi connectivity index (χ1n) is 9.75. The molecule has 0 spiro atoms. The van der Waals surface area contributed by atoms with Crippen LogP contribution in [0.5, 0.6) is 0 Å². The lowest BCUT2D eigenvalue weighted by atomic mass is 9.83. The van der Waals surface area contributed by atoms with Gasteiger partial charge in [-0.1, -0.05) is 50.2 Å². The molecule has 152 valence electrons. The van der Waals surface area contributed by atoms with Crippen LogP contribution < -0.4 is 0 Å². The molecular weight excluding hydrogens is 369 g/mol. The molecule has 3 rings (SSSR count). The van der Waals surface area contributed by atoms with E-state index >= 15 is 0 Å². The fraction of sp³-hybridized carbons (Fsp3) is 0.333. The topological polar surface area (TPSA) is 46.6 Å². The molecule has 0 saturated carbocycles. The molecule has 1 heterocycles. The number of ether oxygens (including phenoxy) is 1. The van der Waals surface area contributed by atoms with Gasteiger partial charge in [0.15, 0.2) is 0 Å². The minimum atomic E-state index is -0.433. The van der Waals surface area contributed by atoms with Crippen molar-refractivity contribution < 1.29 is 18.7 Å². The van der Waals surface area contributed by atoms with Gasteiger partial charge in [0.25, 0.3) is 0 Å². The normalized spacial score (nSPS) is 17.1. The number of hydrogen-bond donors (Lipinski definition) is 0. The van der Waals surface area contributed by atoms with Crippen LogP contribution >= 0.6 is 0 Å². The van der Waals surface area contributed by atoms with Crippen LogP contribution in [0.15, 0.2) is 59.8 Å². The van der Waals surface area contributed by atoms with Crippen LogP contribution in [0.1, 0.15) is 55.7 Å². The van der Waals surface area contributed by atoms with Gasteiger partial charge in [0, 0.05) is 18.0 Å². The Bertz CT molecular complexity index is 930. The molecule has 2 aromatic rings. The Hall–Kier alpha value is -2.95. The Kier molecular flexibility index (Phi) is 6.16. The van der Waals surface area contributed by atoms with E-state index in [1.54, 1.807) is 24.0 Å². The molecule has 0 unspecified atom stereocenters. The highest BCUT2D eigenvalue weighted by Gasteiger charge is 2.36. The standard InChI is InChI=1S/C24H26FNO3/c1-15(2)18-7-9-19(10-8-18)21-13-22(27)26(16(3)23(21)24(28)29-4)14-17-5-11-20(25)12-6-17/h5-12,15,21H,13-14H2,1-4H3/t21-/m0/s1. The summed E-state index contributed by atoms with van der Waals surface area (Å²) in [6, 6.07) is 14.1. The number of amides is 1. The Morgan fingerprint density at radius 3 is 2.31 bits per heavy atom. The lowest BCUT2D eigenvalue weighted by Crippen LogP contribution is -2.37. The van der Waals surface area contributed by atoms with Gasteiger partial charge in [-0.15, -0.1) is 0 Å². The molecule has 1 aliphatic rings. The van der Waals surface area contributed by atoms with Gasteiger partial charge in [-0.3, -0.25) is 4.79 Å². The molecule has 1 amide bonds. The zero-order chi connectivity index (χ0) is 21.1. The molecule has 1 aliphatic heterocycles. The molecule has 0 aliphatic carbocycles. The number of hydrogen-bond acceptors (Lipinski definition) is 3. The number of carbonyl (C=O) groups is 2. The van der Waals surface area contributed by atoms with Gasteiger partial charge in [-0.05, 0) is 41.7 Å². The van der Waals surface area contributed by atoms with Gasteiger partial charge < -0.3 is 9.64 Å². The lowest BCUT2D eigenvalue weighted by Gasteiger charge is -2.34. The number of methoxy groups -OCH3 is 1. The van der Waals surface area contributed by atoms with Crippen molar-refractivity contribution in [3.8, 4) is 0 Å². The van der Waals surface area contributed by atoms with Gasteiger partial charge in [-0.2, -0.15) is 0 Å². The molecule has 0 bridgehead atoms. The van der Waals surface area contributed by atoms with Crippen LogP contribution in [0.25, 0.3) is 0 Å². The van der Waals surface area contributed by atoms with E-state index in [4.69, 9.17) is 4.74 Å². The molecule has 0 fully saturated rings. The molecule has 0 saturated heterocycles. The van der Waals surface area contributed by atoms with E-state index in [-0.39, 0.29) is 30.6 Å². The van der Waals surface area contributed by atoms with Gasteiger partial charge in [0.1, 0.15) is 5.82 Å². The third kappa shape index (κ3) is 4.39. The van der Waals surface area contributed by atoms with E-state index in [0.29, 0.717) is 17.2 Å². The maximum Gasteiger partial charge on any atom is 0.336 e. The number of nitrogens with zero attached hydrogens (tertiary/aromatic N) is 1. The van der Waals surface area contributed by atoms with Crippen LogP contribution in [0.2, 0.25) is 0 Å². The van der Waals surface area contributed by atoms with Gasteiger partial charge in [0.05, 0.1) is 19.2 Å². The minimum Gasteiger partial charge on any atom is -0.466 e. The first-order valence-corrected chi connectivity index (χ1v) is 9.75. The second kappa shape index (κ2) is 8.60. The number of allylic oxidation sites excluding steroid dienone is 1. The predicted molar refractivity (Wildman–Crippen MR) is 110 cm³/mol. The second-order valence-corrected chi connectivity index (χ2v) is 7.68. The summed E-state index contributed by atoms with van der Waals surface area (Å²) < 4.78 is 18.2. The number of carbonyl (C=O) groups excluding carboxylic acids is 2. The van der Waals surface area contributed by atoms with Gasteiger partial charge in [0.2, 0.25) is 5.91 Å². The van der Waals surface area contributed by atoms with Crippen LogP contribution in [-0.2, 0) is 20.9 Å². The smallest absolute Gasteiger partial charge is 0.336 e. The van der Waals surface area contributed by atoms with Crippen LogP contribution in [0.4, 0.5) is 4.39 Å². The highest BCUT2D eigenvalue weighted by atomic mass is 19.1. The number of benzene rings is 2. The van der Waals surface area contributed by atoms with E-state index < -0.39 is 5.97 Å². The van der Waals surface area contributed by atoms with Crippen molar-refractivity contribution in [3.63, 3.8) is 0 Å². The highest BCUT2D eigenvalue weighted by molar-refractivity contribution is 5.95. The van der Waals surface area contributed by atoms with Gasteiger partial charge in [-0.25, -0.2) is 9.18 Å². The van der Waals surface area contributed by atoms with E-state index in [0.717, 1.165) is 11.1 Å². The minimum absolute atomic E-state index is 0.0718. The Balaban J connectivity index is 1.98. The van der Waals surface area contributed by atoms with Crippen molar-refractivity contribution in [2.45, 2.75) is 45.6 Å². The molecule has 29 heavy (non-hydrogen) atoms. The average Bonchev–Trinajstić information content (AvgIpc) is 2.71. The summed E-state index contributed by atoms with van der Waals surface area (Å²) in [5, 5.41) is 0. The molecule has 0 aromatic heterocycles. The fourth-order valence-corrected chi connectivity index (χ4v) is 3.75.